The van der Waals surface area contributed by atoms with E-state index < -0.39 is 16.5 Å². The lowest BCUT2D eigenvalue weighted by Crippen LogP contribution is -2.36. The van der Waals surface area contributed by atoms with Crippen molar-refractivity contribution in [3.63, 3.8) is 0 Å². The average Bonchev–Trinajstić information content (AvgIpc) is 3.19. The van der Waals surface area contributed by atoms with Crippen LogP contribution in [0.15, 0.2) is 41.0 Å². The van der Waals surface area contributed by atoms with Crippen LogP contribution in [-0.4, -0.2) is 57.5 Å². The molecule has 0 spiro atoms. The van der Waals surface area contributed by atoms with E-state index in [-0.39, 0.29) is 45.0 Å². The lowest BCUT2D eigenvalue weighted by Gasteiger charge is -2.34. The molecule has 0 saturated heterocycles. The second kappa shape index (κ2) is 9.98. The van der Waals surface area contributed by atoms with E-state index in [1.165, 1.54) is 51.5 Å². The van der Waals surface area contributed by atoms with Crippen LogP contribution in [0.2, 0.25) is 5.15 Å². The fourth-order valence-corrected chi connectivity index (χ4v) is 4.82. The highest BCUT2D eigenvalue weighted by Crippen LogP contribution is 2.44. The van der Waals surface area contributed by atoms with Gasteiger partial charge in [0.1, 0.15) is 13.7 Å². The van der Waals surface area contributed by atoms with Crippen LogP contribution in [-0.2, 0) is 22.1 Å². The standard InChI is InChI=1S/C25H23B3ClFN6O2/c1-5-36-21-13-8-18(23(33-10-13)34-12(2)37)38-24(3,26)16-9-14(30)6-7-15(16)20(31)17(11-32-4)25(27,28)19(21)22(29)35-36/h6-11H,5,31H2,1-4H3,(H,33,34,37)/b20-17+,32-11?/t24-/m1/s1. The topological polar surface area (TPSA) is 107 Å². The zero-order valence-corrected chi connectivity index (χ0v) is 22.1. The first-order chi connectivity index (χ1) is 17.8. The van der Waals surface area contributed by atoms with Gasteiger partial charge in [0.05, 0.1) is 26.9 Å². The Morgan fingerprint density at radius 2 is 2.05 bits per heavy atom. The molecule has 2 bridgehead atoms. The monoisotopic (exact) mass is 526 g/mol. The van der Waals surface area contributed by atoms with Crippen molar-refractivity contribution in [2.75, 3.05) is 12.4 Å². The van der Waals surface area contributed by atoms with Crippen LogP contribution < -0.4 is 15.8 Å². The van der Waals surface area contributed by atoms with Gasteiger partial charge in [-0.05, 0) is 54.5 Å². The highest BCUT2D eigenvalue weighted by molar-refractivity contribution is 6.47. The molecule has 1 atom stereocenters. The summed E-state index contributed by atoms with van der Waals surface area (Å²) in [5.41, 5.74) is 6.92. The van der Waals surface area contributed by atoms with Crippen molar-refractivity contribution in [1.29, 1.82) is 0 Å². The molecule has 13 heteroatoms. The number of nitrogens with two attached hydrogens (primary N) is 1. The van der Waals surface area contributed by atoms with Crippen molar-refractivity contribution in [3.8, 4) is 17.0 Å². The molecule has 1 aliphatic heterocycles. The molecule has 0 saturated carbocycles. The van der Waals surface area contributed by atoms with Crippen molar-refractivity contribution < 1.29 is 13.9 Å². The third-order valence-corrected chi connectivity index (χ3v) is 6.43. The van der Waals surface area contributed by atoms with Gasteiger partial charge in [-0.2, -0.15) is 5.10 Å². The van der Waals surface area contributed by atoms with Crippen LogP contribution in [0.4, 0.5) is 10.2 Å². The molecule has 3 aromatic rings. The van der Waals surface area contributed by atoms with Gasteiger partial charge in [0.2, 0.25) is 5.91 Å². The van der Waals surface area contributed by atoms with Gasteiger partial charge in [-0.15, -0.1) is 0 Å². The summed E-state index contributed by atoms with van der Waals surface area (Å²) >= 11 is 6.63. The number of pyridine rings is 1. The summed E-state index contributed by atoms with van der Waals surface area (Å²) in [5, 5.41) is 5.27. The van der Waals surface area contributed by atoms with Crippen molar-refractivity contribution in [2.24, 2.45) is 10.7 Å². The zero-order valence-electron chi connectivity index (χ0n) is 21.3. The molecule has 188 valence electrons. The molecule has 0 aliphatic carbocycles. The SMILES string of the molecule is [B]C1([B])/C(C=NC)=C(/N)c2ccc(F)cc2[C@@]([B])(C)Oc2cc(cnc2NC(C)=O)-c2c1c(Cl)nn2CC. The largest absolute Gasteiger partial charge is 0.489 e. The van der Waals surface area contributed by atoms with E-state index in [1.807, 2.05) is 6.92 Å². The van der Waals surface area contributed by atoms with Crippen LogP contribution >= 0.6 is 11.6 Å². The van der Waals surface area contributed by atoms with E-state index in [1.54, 1.807) is 10.7 Å². The first kappa shape index (κ1) is 27.5. The van der Waals surface area contributed by atoms with E-state index in [4.69, 9.17) is 45.6 Å². The number of anilines is 1. The molecule has 1 aromatic carbocycles. The molecular weight excluding hydrogens is 503 g/mol. The number of nitrogens with zero attached hydrogens (tertiary/aromatic N) is 4. The maximum Gasteiger partial charge on any atom is 0.222 e. The third kappa shape index (κ3) is 4.73. The zero-order chi connectivity index (χ0) is 28.0. The first-order valence-corrected chi connectivity index (χ1v) is 12.0. The van der Waals surface area contributed by atoms with Gasteiger partial charge >= 0.3 is 0 Å². The molecule has 1 aliphatic rings. The van der Waals surface area contributed by atoms with Crippen molar-refractivity contribution in [1.82, 2.24) is 14.8 Å². The summed E-state index contributed by atoms with van der Waals surface area (Å²) < 4.78 is 22.4. The van der Waals surface area contributed by atoms with E-state index in [9.17, 15) is 9.18 Å². The minimum Gasteiger partial charge on any atom is -0.489 e. The van der Waals surface area contributed by atoms with Gasteiger partial charge in [0.15, 0.2) is 16.7 Å². The summed E-state index contributed by atoms with van der Waals surface area (Å²) in [5.74, 6) is -0.772. The van der Waals surface area contributed by atoms with Crippen LogP contribution in [0.5, 0.6) is 5.75 Å². The van der Waals surface area contributed by atoms with Crippen LogP contribution in [0, 0.1) is 5.82 Å². The van der Waals surface area contributed by atoms with Crippen LogP contribution in [0.3, 0.4) is 0 Å². The number of fused-ring (bicyclic) bond motifs is 5. The Morgan fingerprint density at radius 1 is 1.34 bits per heavy atom. The van der Waals surface area contributed by atoms with E-state index >= 15 is 0 Å². The Hall–Kier alpha value is -3.53. The highest BCUT2D eigenvalue weighted by Gasteiger charge is 2.37. The van der Waals surface area contributed by atoms with Crippen molar-refractivity contribution in [2.45, 2.75) is 38.0 Å². The number of hydrogen-bond donors (Lipinski definition) is 2. The second-order valence-electron chi connectivity index (χ2n) is 9.06. The number of carbonyl (C=O) groups excluding carboxylic acids is 1. The quantitative estimate of drug-likeness (QED) is 0.403. The van der Waals surface area contributed by atoms with Gasteiger partial charge in [-0.3, -0.25) is 14.5 Å². The highest BCUT2D eigenvalue weighted by atomic mass is 35.5. The molecule has 3 heterocycles. The van der Waals surface area contributed by atoms with Gasteiger partial charge in [0.25, 0.3) is 0 Å². The smallest absolute Gasteiger partial charge is 0.222 e. The number of benzene rings is 1. The Bertz CT molecular complexity index is 1500. The molecule has 1 amide bonds. The first-order valence-electron chi connectivity index (χ1n) is 11.6. The van der Waals surface area contributed by atoms with Crippen LogP contribution in [0.1, 0.15) is 37.5 Å². The minimum atomic E-state index is -1.82. The Labute approximate surface area is 229 Å². The van der Waals surface area contributed by atoms with Gasteiger partial charge in [0, 0.05) is 55.3 Å². The number of aromatic nitrogens is 3. The average molecular weight is 526 g/mol. The van der Waals surface area contributed by atoms with Gasteiger partial charge in [-0.25, -0.2) is 9.37 Å². The molecule has 2 aromatic heterocycles. The van der Waals surface area contributed by atoms with E-state index in [2.05, 4.69) is 20.4 Å². The lowest BCUT2D eigenvalue weighted by atomic mass is 9.47. The predicted molar refractivity (Wildman–Crippen MR) is 149 cm³/mol. The van der Waals surface area contributed by atoms with Gasteiger partial charge in [-0.1, -0.05) is 11.6 Å². The predicted octanol–water partition coefficient (Wildman–Crippen LogP) is 3.01. The Balaban J connectivity index is 2.21. The molecule has 0 unspecified atom stereocenters. The van der Waals surface area contributed by atoms with E-state index in [0.29, 0.717) is 23.4 Å². The number of amides is 1. The number of aliphatic imine (C=N–C) groups is 1. The number of allylic oxidation sites excluding steroid dienone is 1. The molecule has 6 radical (unpaired) electrons. The Morgan fingerprint density at radius 3 is 2.68 bits per heavy atom. The minimum absolute atomic E-state index is 0.0371. The Kier molecular flexibility index (Phi) is 7.22. The fourth-order valence-electron chi connectivity index (χ4n) is 4.49. The lowest BCUT2D eigenvalue weighted by molar-refractivity contribution is -0.114. The molecule has 38 heavy (non-hydrogen) atoms. The number of rotatable bonds is 3. The number of nitrogens with one attached hydrogen (secondary N) is 1. The van der Waals surface area contributed by atoms with Crippen molar-refractivity contribution >= 4 is 58.8 Å². The maximum absolute atomic E-state index is 14.5. The van der Waals surface area contributed by atoms with Gasteiger partial charge < -0.3 is 15.8 Å². The molecular formula is C25H23B3ClFN6O2. The second-order valence-corrected chi connectivity index (χ2v) is 9.42. The third-order valence-electron chi connectivity index (χ3n) is 6.17. The number of hydrogen-bond acceptors (Lipinski definition) is 6. The number of halogens is 2. The molecule has 3 N–H and O–H groups in total. The molecule has 4 rings (SSSR count). The number of ether oxygens (including phenoxy) is 1. The van der Waals surface area contributed by atoms with E-state index in [0.717, 1.165) is 0 Å². The number of carbonyl (C=O) groups is 1. The van der Waals surface area contributed by atoms with Crippen molar-refractivity contribution in [3.05, 3.63) is 63.7 Å². The molecule has 8 nitrogen and oxygen atoms in total. The summed E-state index contributed by atoms with van der Waals surface area (Å²) in [6.07, 6.45) is 2.90. The summed E-state index contributed by atoms with van der Waals surface area (Å²) in [4.78, 5) is 20.4. The summed E-state index contributed by atoms with van der Waals surface area (Å²) in [6.45, 7) is 5.12. The fraction of sp³-hybridized carbons (Fsp3) is 0.280. The summed E-state index contributed by atoms with van der Waals surface area (Å²) in [7, 11) is 21.8. The summed E-state index contributed by atoms with van der Waals surface area (Å²) in [6, 6.07) is 5.47. The maximum atomic E-state index is 14.5. The number of aryl methyl sites for hydroxylation is 1. The molecule has 0 fully saturated rings. The normalized spacial score (nSPS) is 20.6. The van der Waals surface area contributed by atoms with Crippen LogP contribution in [0.25, 0.3) is 17.0 Å².